The standard InChI is InChI=1S/C12H21N3O/c1-12(2,10-13)5-4-6-15-8-7-14(3)11(16)9-15/h4-9H2,1-3H3. The van der Waals surface area contributed by atoms with Gasteiger partial charge >= 0.3 is 0 Å². The van der Waals surface area contributed by atoms with Gasteiger partial charge in [-0.15, -0.1) is 0 Å². The van der Waals surface area contributed by atoms with Crippen molar-refractivity contribution in [3.63, 3.8) is 0 Å². The van der Waals surface area contributed by atoms with Crippen molar-refractivity contribution in [2.24, 2.45) is 5.41 Å². The molecule has 1 aliphatic heterocycles. The van der Waals surface area contributed by atoms with Crippen molar-refractivity contribution in [2.75, 3.05) is 33.2 Å². The molecular formula is C12H21N3O. The van der Waals surface area contributed by atoms with Crippen LogP contribution in [0.3, 0.4) is 0 Å². The van der Waals surface area contributed by atoms with E-state index >= 15 is 0 Å². The van der Waals surface area contributed by atoms with Crippen LogP contribution in [0.15, 0.2) is 0 Å². The monoisotopic (exact) mass is 223 g/mol. The number of hydrogen-bond donors (Lipinski definition) is 0. The highest BCUT2D eigenvalue weighted by molar-refractivity contribution is 5.78. The number of nitriles is 1. The topological polar surface area (TPSA) is 47.3 Å². The maximum atomic E-state index is 11.5. The zero-order valence-electron chi connectivity index (χ0n) is 10.5. The molecule has 0 N–H and O–H groups in total. The lowest BCUT2D eigenvalue weighted by atomic mass is 9.90. The lowest BCUT2D eigenvalue weighted by molar-refractivity contribution is -0.134. The van der Waals surface area contributed by atoms with E-state index < -0.39 is 0 Å². The van der Waals surface area contributed by atoms with Crippen LogP contribution in [-0.4, -0.2) is 48.9 Å². The highest BCUT2D eigenvalue weighted by Gasteiger charge is 2.22. The molecule has 1 fully saturated rings. The van der Waals surface area contributed by atoms with Crippen LogP contribution in [0.25, 0.3) is 0 Å². The largest absolute Gasteiger partial charge is 0.343 e. The van der Waals surface area contributed by atoms with Gasteiger partial charge in [0.15, 0.2) is 0 Å². The molecule has 1 rings (SSSR count). The number of hydrogen-bond acceptors (Lipinski definition) is 3. The maximum absolute atomic E-state index is 11.5. The van der Waals surface area contributed by atoms with Crippen molar-refractivity contribution in [3.05, 3.63) is 0 Å². The summed E-state index contributed by atoms with van der Waals surface area (Å²) in [6.45, 7) is 7.15. The Kier molecular flexibility index (Phi) is 4.31. The van der Waals surface area contributed by atoms with Gasteiger partial charge in [-0.3, -0.25) is 9.69 Å². The first kappa shape index (κ1) is 13.0. The zero-order chi connectivity index (χ0) is 12.2. The summed E-state index contributed by atoms with van der Waals surface area (Å²) in [5.74, 6) is 0.200. The van der Waals surface area contributed by atoms with E-state index in [-0.39, 0.29) is 11.3 Å². The molecule has 0 aromatic rings. The molecule has 0 unspecified atom stereocenters. The number of carbonyl (C=O) groups is 1. The van der Waals surface area contributed by atoms with Crippen LogP contribution in [0, 0.1) is 16.7 Å². The number of rotatable bonds is 4. The minimum Gasteiger partial charge on any atom is -0.343 e. The quantitative estimate of drug-likeness (QED) is 0.717. The summed E-state index contributed by atoms with van der Waals surface area (Å²) in [4.78, 5) is 15.4. The molecule has 16 heavy (non-hydrogen) atoms. The molecule has 0 saturated carbocycles. The summed E-state index contributed by atoms with van der Waals surface area (Å²) in [5, 5.41) is 8.88. The molecule has 4 nitrogen and oxygen atoms in total. The fourth-order valence-corrected chi connectivity index (χ4v) is 1.80. The summed E-state index contributed by atoms with van der Waals surface area (Å²) in [5.41, 5.74) is -0.239. The Morgan fingerprint density at radius 3 is 2.69 bits per heavy atom. The average molecular weight is 223 g/mol. The molecule has 1 aliphatic rings. The SMILES string of the molecule is CN1CCN(CCCC(C)(C)C#N)CC1=O. The molecule has 0 bridgehead atoms. The van der Waals surface area contributed by atoms with Crippen LogP contribution in [0.4, 0.5) is 0 Å². The van der Waals surface area contributed by atoms with E-state index in [4.69, 9.17) is 5.26 Å². The van der Waals surface area contributed by atoms with Crippen LogP contribution in [0.5, 0.6) is 0 Å². The van der Waals surface area contributed by atoms with Crippen molar-refractivity contribution in [2.45, 2.75) is 26.7 Å². The molecule has 1 amide bonds. The Bertz CT molecular complexity index is 293. The maximum Gasteiger partial charge on any atom is 0.236 e. The van der Waals surface area contributed by atoms with E-state index in [1.807, 2.05) is 20.9 Å². The second-order valence-electron chi connectivity index (χ2n) is 5.19. The number of piperazine rings is 1. The molecule has 0 atom stereocenters. The summed E-state index contributed by atoms with van der Waals surface area (Å²) in [6.07, 6.45) is 1.88. The molecule has 4 heteroatoms. The molecule has 1 saturated heterocycles. The molecule has 90 valence electrons. The van der Waals surface area contributed by atoms with Gasteiger partial charge in [0, 0.05) is 20.1 Å². The van der Waals surface area contributed by atoms with Gasteiger partial charge in [-0.05, 0) is 33.2 Å². The predicted molar refractivity (Wildman–Crippen MR) is 62.7 cm³/mol. The lowest BCUT2D eigenvalue weighted by Gasteiger charge is -2.32. The summed E-state index contributed by atoms with van der Waals surface area (Å²) < 4.78 is 0. The second kappa shape index (κ2) is 5.31. The normalized spacial score (nSPS) is 18.6. The van der Waals surface area contributed by atoms with Crippen LogP contribution < -0.4 is 0 Å². The fourth-order valence-electron chi connectivity index (χ4n) is 1.80. The molecule has 1 heterocycles. The van der Waals surface area contributed by atoms with E-state index in [2.05, 4.69) is 11.0 Å². The lowest BCUT2D eigenvalue weighted by Crippen LogP contribution is -2.48. The molecule has 0 spiro atoms. The minimum absolute atomic E-state index is 0.200. The van der Waals surface area contributed by atoms with Gasteiger partial charge in [0.1, 0.15) is 0 Å². The van der Waals surface area contributed by atoms with Crippen LogP contribution in [0.2, 0.25) is 0 Å². The minimum atomic E-state index is -0.239. The number of nitrogens with zero attached hydrogens (tertiary/aromatic N) is 3. The Morgan fingerprint density at radius 1 is 1.44 bits per heavy atom. The van der Waals surface area contributed by atoms with Gasteiger partial charge < -0.3 is 4.90 Å². The summed E-state index contributed by atoms with van der Waals surface area (Å²) in [6, 6.07) is 2.30. The van der Waals surface area contributed by atoms with E-state index in [0.717, 1.165) is 32.5 Å². The van der Waals surface area contributed by atoms with Gasteiger partial charge in [0.05, 0.1) is 18.0 Å². The van der Waals surface area contributed by atoms with Gasteiger partial charge in [0.2, 0.25) is 5.91 Å². The summed E-state index contributed by atoms with van der Waals surface area (Å²) >= 11 is 0. The van der Waals surface area contributed by atoms with Crippen LogP contribution >= 0.6 is 0 Å². The molecule has 0 radical (unpaired) electrons. The van der Waals surface area contributed by atoms with Crippen molar-refractivity contribution in [1.82, 2.24) is 9.80 Å². The summed E-state index contributed by atoms with van der Waals surface area (Å²) in [7, 11) is 1.85. The highest BCUT2D eigenvalue weighted by Crippen LogP contribution is 2.20. The van der Waals surface area contributed by atoms with Gasteiger partial charge in [0.25, 0.3) is 0 Å². The first-order chi connectivity index (χ1) is 7.44. The van der Waals surface area contributed by atoms with E-state index in [0.29, 0.717) is 6.54 Å². The first-order valence-corrected chi connectivity index (χ1v) is 5.82. The van der Waals surface area contributed by atoms with Crippen molar-refractivity contribution < 1.29 is 4.79 Å². The Morgan fingerprint density at radius 2 is 2.12 bits per heavy atom. The number of amides is 1. The highest BCUT2D eigenvalue weighted by atomic mass is 16.2. The third-order valence-electron chi connectivity index (χ3n) is 3.12. The predicted octanol–water partition coefficient (Wildman–Crippen LogP) is 1.09. The smallest absolute Gasteiger partial charge is 0.236 e. The fraction of sp³-hybridized carbons (Fsp3) is 0.833. The molecule has 0 aromatic carbocycles. The third kappa shape index (κ3) is 3.82. The number of carbonyl (C=O) groups excluding carboxylic acids is 1. The Hall–Kier alpha value is -1.08. The first-order valence-electron chi connectivity index (χ1n) is 5.82. The number of likely N-dealkylation sites (N-methyl/N-ethyl adjacent to an activating group) is 1. The molecule has 0 aromatic heterocycles. The Labute approximate surface area is 97.8 Å². The third-order valence-corrected chi connectivity index (χ3v) is 3.12. The molecule has 0 aliphatic carbocycles. The van der Waals surface area contributed by atoms with Crippen molar-refractivity contribution in [1.29, 1.82) is 5.26 Å². The Balaban J connectivity index is 2.25. The average Bonchev–Trinajstić information content (AvgIpc) is 2.23. The van der Waals surface area contributed by atoms with Gasteiger partial charge in [-0.1, -0.05) is 0 Å². The van der Waals surface area contributed by atoms with Gasteiger partial charge in [-0.2, -0.15) is 5.26 Å². The van der Waals surface area contributed by atoms with Crippen LogP contribution in [0.1, 0.15) is 26.7 Å². The van der Waals surface area contributed by atoms with Crippen LogP contribution in [-0.2, 0) is 4.79 Å². The van der Waals surface area contributed by atoms with E-state index in [1.165, 1.54) is 0 Å². The second-order valence-corrected chi connectivity index (χ2v) is 5.19. The van der Waals surface area contributed by atoms with Crippen molar-refractivity contribution in [3.8, 4) is 6.07 Å². The van der Waals surface area contributed by atoms with E-state index in [9.17, 15) is 4.79 Å². The van der Waals surface area contributed by atoms with E-state index in [1.54, 1.807) is 4.90 Å². The van der Waals surface area contributed by atoms with Crippen molar-refractivity contribution >= 4 is 5.91 Å². The zero-order valence-corrected chi connectivity index (χ0v) is 10.5. The molecular weight excluding hydrogens is 202 g/mol. The van der Waals surface area contributed by atoms with Gasteiger partial charge in [-0.25, -0.2) is 0 Å².